The van der Waals surface area contributed by atoms with Crippen LogP contribution in [0.1, 0.15) is 18.9 Å². The molecule has 0 aliphatic heterocycles. The van der Waals surface area contributed by atoms with E-state index in [-0.39, 0.29) is 11.8 Å². The van der Waals surface area contributed by atoms with Crippen LogP contribution < -0.4 is 5.32 Å². The molecule has 1 atom stereocenters. The van der Waals surface area contributed by atoms with E-state index in [9.17, 15) is 4.79 Å². The minimum absolute atomic E-state index is 0.0152. The second-order valence-electron chi connectivity index (χ2n) is 3.11. The van der Waals surface area contributed by atoms with Crippen molar-refractivity contribution in [3.05, 3.63) is 22.4 Å². The second-order valence-corrected chi connectivity index (χ2v) is 3.89. The summed E-state index contributed by atoms with van der Waals surface area (Å²) in [7, 11) is 1.81. The molecule has 1 rings (SSSR count). The zero-order valence-electron chi connectivity index (χ0n) is 8.04. The van der Waals surface area contributed by atoms with E-state index < -0.39 is 0 Å². The van der Waals surface area contributed by atoms with E-state index in [1.165, 1.54) is 5.56 Å². The Kier molecular flexibility index (Phi) is 4.12. The number of nitrogens with one attached hydrogen (secondary N) is 1. The Hall–Kier alpha value is -0.670. The third kappa shape index (κ3) is 3.28. The van der Waals surface area contributed by atoms with E-state index in [0.717, 1.165) is 6.42 Å². The highest BCUT2D eigenvalue weighted by molar-refractivity contribution is 7.07. The Bertz CT molecular complexity index is 256. The monoisotopic (exact) mass is 197 g/mol. The molecule has 1 aromatic rings. The molecule has 0 aliphatic carbocycles. The molecule has 1 heterocycles. The van der Waals surface area contributed by atoms with Crippen LogP contribution in [-0.4, -0.2) is 18.9 Å². The van der Waals surface area contributed by atoms with Gasteiger partial charge in [0.1, 0.15) is 5.78 Å². The molecule has 72 valence electrons. The maximum atomic E-state index is 11.4. The molecule has 0 saturated carbocycles. The van der Waals surface area contributed by atoms with Gasteiger partial charge in [-0.15, -0.1) is 0 Å². The minimum atomic E-state index is -0.0152. The minimum Gasteiger partial charge on any atom is -0.311 e. The normalized spacial score (nSPS) is 12.8. The molecule has 0 saturated heterocycles. The average molecular weight is 197 g/mol. The summed E-state index contributed by atoms with van der Waals surface area (Å²) in [6, 6.07) is 2.06. The van der Waals surface area contributed by atoms with Crippen molar-refractivity contribution in [2.75, 3.05) is 7.05 Å². The summed E-state index contributed by atoms with van der Waals surface area (Å²) in [6.45, 7) is 1.90. The van der Waals surface area contributed by atoms with Gasteiger partial charge in [0.15, 0.2) is 0 Å². The fraction of sp³-hybridized carbons (Fsp3) is 0.500. The lowest BCUT2D eigenvalue weighted by atomic mass is 10.1. The summed E-state index contributed by atoms with van der Waals surface area (Å²) in [5.41, 5.74) is 1.27. The summed E-state index contributed by atoms with van der Waals surface area (Å²) in [5.74, 6) is 0.286. The predicted octanol–water partition coefficient (Wildman–Crippen LogP) is 1.86. The topological polar surface area (TPSA) is 29.1 Å². The van der Waals surface area contributed by atoms with Gasteiger partial charge in [0.05, 0.1) is 6.04 Å². The van der Waals surface area contributed by atoms with E-state index in [1.807, 2.05) is 19.4 Å². The number of likely N-dealkylation sites (N-methyl/N-ethyl adjacent to an activating group) is 1. The molecule has 1 unspecified atom stereocenters. The molecule has 0 aromatic carbocycles. The maximum absolute atomic E-state index is 11.4. The molecule has 1 N–H and O–H groups in total. The van der Waals surface area contributed by atoms with Crippen molar-refractivity contribution in [2.45, 2.75) is 25.8 Å². The molecule has 0 fully saturated rings. The molecular weight excluding hydrogens is 182 g/mol. The molecule has 1 aromatic heterocycles. The van der Waals surface area contributed by atoms with Gasteiger partial charge in [-0.05, 0) is 42.8 Å². The van der Waals surface area contributed by atoms with E-state index in [4.69, 9.17) is 0 Å². The van der Waals surface area contributed by atoms with Crippen LogP contribution in [0.15, 0.2) is 16.8 Å². The van der Waals surface area contributed by atoms with Crippen LogP contribution in [0.25, 0.3) is 0 Å². The van der Waals surface area contributed by atoms with Crippen molar-refractivity contribution in [1.29, 1.82) is 0 Å². The number of carbonyl (C=O) groups is 1. The smallest absolute Gasteiger partial charge is 0.149 e. The Morgan fingerprint density at radius 3 is 3.00 bits per heavy atom. The van der Waals surface area contributed by atoms with Crippen LogP contribution in [-0.2, 0) is 11.2 Å². The SMILES string of the molecule is CNC(C)C(=O)CCc1ccsc1. The largest absolute Gasteiger partial charge is 0.311 e. The Balaban J connectivity index is 2.31. The summed E-state index contributed by atoms with van der Waals surface area (Å²) >= 11 is 1.68. The number of rotatable bonds is 5. The van der Waals surface area contributed by atoms with Crippen molar-refractivity contribution >= 4 is 17.1 Å². The molecule has 13 heavy (non-hydrogen) atoms. The third-order valence-corrected chi connectivity index (χ3v) is 2.89. The lowest BCUT2D eigenvalue weighted by Gasteiger charge is -2.07. The molecule has 2 nitrogen and oxygen atoms in total. The number of thiophene rings is 1. The Morgan fingerprint density at radius 2 is 2.46 bits per heavy atom. The quantitative estimate of drug-likeness (QED) is 0.780. The molecule has 3 heteroatoms. The number of hydrogen-bond donors (Lipinski definition) is 1. The van der Waals surface area contributed by atoms with Crippen LogP contribution in [0.2, 0.25) is 0 Å². The van der Waals surface area contributed by atoms with Gasteiger partial charge in [0.2, 0.25) is 0 Å². The molecule has 0 radical (unpaired) electrons. The first-order chi connectivity index (χ1) is 6.24. The van der Waals surface area contributed by atoms with Gasteiger partial charge in [0, 0.05) is 6.42 Å². The average Bonchev–Trinajstić information content (AvgIpc) is 2.65. The van der Waals surface area contributed by atoms with Gasteiger partial charge in [-0.2, -0.15) is 11.3 Å². The predicted molar refractivity (Wildman–Crippen MR) is 56.2 cm³/mol. The van der Waals surface area contributed by atoms with Gasteiger partial charge >= 0.3 is 0 Å². The molecule has 0 spiro atoms. The first kappa shape index (κ1) is 10.4. The first-order valence-electron chi connectivity index (χ1n) is 4.45. The Labute approximate surface area is 83.0 Å². The number of carbonyl (C=O) groups excluding carboxylic acids is 1. The van der Waals surface area contributed by atoms with Crippen molar-refractivity contribution < 1.29 is 4.79 Å². The lowest BCUT2D eigenvalue weighted by Crippen LogP contribution is -2.30. The van der Waals surface area contributed by atoms with Gasteiger partial charge in [-0.25, -0.2) is 0 Å². The van der Waals surface area contributed by atoms with Crippen LogP contribution in [0.3, 0.4) is 0 Å². The first-order valence-corrected chi connectivity index (χ1v) is 5.39. The molecule has 0 aliphatic rings. The van der Waals surface area contributed by atoms with Crippen LogP contribution in [0, 0.1) is 0 Å². The highest BCUT2D eigenvalue weighted by Crippen LogP contribution is 2.09. The summed E-state index contributed by atoms with van der Waals surface area (Å²) < 4.78 is 0. The van der Waals surface area contributed by atoms with Gasteiger partial charge in [-0.3, -0.25) is 4.79 Å². The van der Waals surface area contributed by atoms with Crippen molar-refractivity contribution in [2.24, 2.45) is 0 Å². The zero-order valence-corrected chi connectivity index (χ0v) is 8.86. The number of ketones is 1. The fourth-order valence-electron chi connectivity index (χ4n) is 1.08. The lowest BCUT2D eigenvalue weighted by molar-refractivity contribution is -0.120. The summed E-state index contributed by atoms with van der Waals surface area (Å²) in [6.07, 6.45) is 1.51. The van der Waals surface area contributed by atoms with Gasteiger partial charge in [-0.1, -0.05) is 0 Å². The van der Waals surface area contributed by atoms with E-state index in [1.54, 1.807) is 11.3 Å². The van der Waals surface area contributed by atoms with Crippen molar-refractivity contribution in [3.8, 4) is 0 Å². The number of aryl methyl sites for hydroxylation is 1. The summed E-state index contributed by atoms with van der Waals surface area (Å²) in [4.78, 5) is 11.4. The molecule has 0 bridgehead atoms. The van der Waals surface area contributed by atoms with Crippen molar-refractivity contribution in [3.63, 3.8) is 0 Å². The number of Topliss-reactive ketones (excluding diaryl/α,β-unsaturated/α-hetero) is 1. The van der Waals surface area contributed by atoms with E-state index in [0.29, 0.717) is 6.42 Å². The second kappa shape index (κ2) is 5.14. The van der Waals surface area contributed by atoms with Crippen LogP contribution >= 0.6 is 11.3 Å². The van der Waals surface area contributed by atoms with Gasteiger partial charge in [0.25, 0.3) is 0 Å². The Morgan fingerprint density at radius 1 is 1.69 bits per heavy atom. The fourth-order valence-corrected chi connectivity index (χ4v) is 1.78. The van der Waals surface area contributed by atoms with Crippen molar-refractivity contribution in [1.82, 2.24) is 5.32 Å². The molecule has 0 amide bonds. The third-order valence-electron chi connectivity index (χ3n) is 2.16. The highest BCUT2D eigenvalue weighted by Gasteiger charge is 2.09. The van der Waals surface area contributed by atoms with Crippen LogP contribution in [0.5, 0.6) is 0 Å². The van der Waals surface area contributed by atoms with Gasteiger partial charge < -0.3 is 5.32 Å². The number of hydrogen-bond acceptors (Lipinski definition) is 3. The van der Waals surface area contributed by atoms with Crippen LogP contribution in [0.4, 0.5) is 0 Å². The summed E-state index contributed by atoms with van der Waals surface area (Å²) in [5, 5.41) is 7.09. The standard InChI is InChI=1S/C10H15NOS/c1-8(11-2)10(12)4-3-9-5-6-13-7-9/h5-8,11H,3-4H2,1-2H3. The maximum Gasteiger partial charge on any atom is 0.149 e. The zero-order chi connectivity index (χ0) is 9.68. The molecular formula is C10H15NOS. The van der Waals surface area contributed by atoms with E-state index >= 15 is 0 Å². The van der Waals surface area contributed by atoms with E-state index in [2.05, 4.69) is 16.8 Å². The highest BCUT2D eigenvalue weighted by atomic mass is 32.1.